The van der Waals surface area contributed by atoms with Crippen molar-refractivity contribution in [2.75, 3.05) is 33.0 Å². The van der Waals surface area contributed by atoms with Gasteiger partial charge in [0, 0.05) is 32.0 Å². The van der Waals surface area contributed by atoms with Crippen LogP contribution < -0.4 is 0 Å². The van der Waals surface area contributed by atoms with Gasteiger partial charge in [-0.05, 0) is 12.8 Å². The van der Waals surface area contributed by atoms with Gasteiger partial charge in [0.15, 0.2) is 0 Å². The van der Waals surface area contributed by atoms with Gasteiger partial charge in [-0.25, -0.2) is 9.99 Å². The van der Waals surface area contributed by atoms with Crippen molar-refractivity contribution < 1.29 is 18.2 Å². The molecule has 0 N–H and O–H groups in total. The molecule has 1 atom stereocenters. The van der Waals surface area contributed by atoms with Gasteiger partial charge in [0.1, 0.15) is 5.76 Å². The third-order valence-corrected chi connectivity index (χ3v) is 6.32. The Kier molecular flexibility index (Phi) is 6.39. The topological polar surface area (TPSA) is 75.9 Å². The summed E-state index contributed by atoms with van der Waals surface area (Å²) < 4.78 is 22.9. The van der Waals surface area contributed by atoms with E-state index in [0.29, 0.717) is 41.0 Å². The predicted octanol–water partition coefficient (Wildman–Crippen LogP) is 2.52. The molecule has 0 aromatic carbocycles. The first kappa shape index (κ1) is 20.1. The van der Waals surface area contributed by atoms with E-state index in [1.54, 1.807) is 12.5 Å². The number of ether oxygens (including phenoxy) is 1. The Bertz CT molecular complexity index is 796. The van der Waals surface area contributed by atoms with Crippen LogP contribution in [0, 0.1) is 5.92 Å². The average Bonchev–Trinajstić information content (AvgIpc) is 3.15. The summed E-state index contributed by atoms with van der Waals surface area (Å²) in [7, 11) is 0.157. The van der Waals surface area contributed by atoms with Crippen LogP contribution in [-0.4, -0.2) is 58.2 Å². The number of nitrogens with zero attached hydrogens (tertiary/aromatic N) is 3. The molecule has 0 spiro atoms. The smallest absolute Gasteiger partial charge is 0.308 e. The summed E-state index contributed by atoms with van der Waals surface area (Å²) in [6, 6.07) is 0. The fourth-order valence-electron chi connectivity index (χ4n) is 3.38. The number of aromatic nitrogens is 1. The van der Waals surface area contributed by atoms with E-state index in [0.717, 1.165) is 25.0 Å². The number of allylic oxidation sites excluding steroid dienone is 1. The maximum atomic E-state index is 12.3. The lowest BCUT2D eigenvalue weighted by Gasteiger charge is -2.40. The number of carbonyl (C=O) groups excluding carboxylic acids is 1. The highest BCUT2D eigenvalue weighted by Crippen LogP contribution is 2.35. The van der Waals surface area contributed by atoms with Gasteiger partial charge in [0.05, 0.1) is 52.1 Å². The summed E-state index contributed by atoms with van der Waals surface area (Å²) in [6.45, 7) is 3.84. The highest BCUT2D eigenvalue weighted by atomic mass is 35.5. The van der Waals surface area contributed by atoms with Crippen molar-refractivity contribution in [1.29, 1.82) is 0 Å². The summed E-state index contributed by atoms with van der Waals surface area (Å²) in [6.07, 6.45) is 7.35. The van der Waals surface area contributed by atoms with E-state index in [2.05, 4.69) is 9.99 Å². The van der Waals surface area contributed by atoms with Gasteiger partial charge in [-0.2, -0.15) is 0 Å². The van der Waals surface area contributed by atoms with Crippen molar-refractivity contribution in [3.63, 3.8) is 0 Å². The van der Waals surface area contributed by atoms with E-state index >= 15 is 0 Å². The monoisotopic (exact) mass is 413 g/mol. The largest absolute Gasteiger partial charge is 0.469 e. The normalized spacial score (nSPS) is 20.6. The maximum Gasteiger partial charge on any atom is 0.308 e. The van der Waals surface area contributed by atoms with Crippen molar-refractivity contribution in [2.45, 2.75) is 26.2 Å². The molecule has 0 radical (unpaired) electrons. The number of methoxy groups -OCH3 is 1. The van der Waals surface area contributed by atoms with Gasteiger partial charge in [-0.1, -0.05) is 18.5 Å². The molecule has 0 bridgehead atoms. The van der Waals surface area contributed by atoms with Crippen molar-refractivity contribution in [3.05, 3.63) is 34.0 Å². The van der Waals surface area contributed by atoms with Crippen molar-refractivity contribution in [2.24, 2.45) is 5.92 Å². The number of halogens is 1. The molecule has 2 aliphatic heterocycles. The maximum absolute atomic E-state index is 12.3. The second kappa shape index (κ2) is 8.58. The molecular weight excluding hydrogens is 390 g/mol. The van der Waals surface area contributed by atoms with Crippen LogP contribution >= 0.6 is 11.6 Å². The van der Waals surface area contributed by atoms with E-state index in [1.807, 2.05) is 18.1 Å². The Morgan fingerprint density at radius 3 is 2.70 bits per heavy atom. The Labute approximate surface area is 166 Å². The van der Waals surface area contributed by atoms with Crippen LogP contribution in [0.2, 0.25) is 0 Å². The lowest BCUT2D eigenvalue weighted by Crippen LogP contribution is -2.47. The summed E-state index contributed by atoms with van der Waals surface area (Å²) >= 11 is 6.51. The van der Waals surface area contributed by atoms with Crippen LogP contribution in [0.5, 0.6) is 0 Å². The molecule has 0 saturated carbocycles. The van der Waals surface area contributed by atoms with Crippen LogP contribution in [0.15, 0.2) is 26.8 Å². The number of hydrogen-bond donors (Lipinski definition) is 0. The molecule has 1 fully saturated rings. The number of hydrogen-bond acceptors (Lipinski definition) is 7. The van der Waals surface area contributed by atoms with E-state index in [-0.39, 0.29) is 11.9 Å². The molecule has 2 aliphatic rings. The Morgan fingerprint density at radius 1 is 1.44 bits per heavy atom. The Balaban J connectivity index is 1.84. The molecule has 148 valence electrons. The molecule has 27 heavy (non-hydrogen) atoms. The van der Waals surface area contributed by atoms with Gasteiger partial charge in [0.2, 0.25) is 5.89 Å². The first-order valence-electron chi connectivity index (χ1n) is 8.93. The first-order chi connectivity index (χ1) is 12.9. The minimum Gasteiger partial charge on any atom is -0.469 e. The second-order valence-electron chi connectivity index (χ2n) is 6.56. The molecule has 3 heterocycles. The fraction of sp³-hybridized carbons (Fsp3) is 0.556. The van der Waals surface area contributed by atoms with E-state index in [1.165, 1.54) is 7.11 Å². The number of piperidine rings is 1. The molecule has 1 aromatic heterocycles. The number of hydrazine groups is 1. The van der Waals surface area contributed by atoms with Crippen LogP contribution in [0.1, 0.15) is 31.4 Å². The third kappa shape index (κ3) is 4.28. The molecule has 0 aliphatic carbocycles. The zero-order valence-corrected chi connectivity index (χ0v) is 17.3. The summed E-state index contributed by atoms with van der Waals surface area (Å²) in [5.74, 6) is 0.963. The highest BCUT2D eigenvalue weighted by Gasteiger charge is 2.32. The molecule has 9 heteroatoms. The molecule has 1 unspecified atom stereocenters. The summed E-state index contributed by atoms with van der Waals surface area (Å²) in [4.78, 5) is 16.6. The molecular formula is C18H24ClN3O4S. The summed E-state index contributed by atoms with van der Waals surface area (Å²) in [5, 5.41) is 4.65. The van der Waals surface area contributed by atoms with E-state index in [4.69, 9.17) is 20.8 Å². The number of rotatable bonds is 5. The van der Waals surface area contributed by atoms with Crippen molar-refractivity contribution >= 4 is 33.9 Å². The Hall–Kier alpha value is -1.64. The fourth-order valence-corrected chi connectivity index (χ4v) is 4.76. The predicted molar refractivity (Wildman–Crippen MR) is 104 cm³/mol. The molecule has 0 amide bonds. The van der Waals surface area contributed by atoms with Crippen LogP contribution in [0.25, 0.3) is 5.57 Å². The third-order valence-electron chi connectivity index (χ3n) is 4.86. The van der Waals surface area contributed by atoms with Gasteiger partial charge in [-0.3, -0.25) is 9.00 Å². The zero-order chi connectivity index (χ0) is 19.6. The van der Waals surface area contributed by atoms with E-state index < -0.39 is 10.8 Å². The molecule has 1 saturated heterocycles. The number of carbonyl (C=O) groups is 1. The Morgan fingerprint density at radius 2 is 2.15 bits per heavy atom. The van der Waals surface area contributed by atoms with Crippen LogP contribution in [0.4, 0.5) is 0 Å². The van der Waals surface area contributed by atoms with Gasteiger partial charge < -0.3 is 14.2 Å². The first-order valence-corrected chi connectivity index (χ1v) is 10.9. The van der Waals surface area contributed by atoms with Crippen molar-refractivity contribution in [3.8, 4) is 0 Å². The quantitative estimate of drug-likeness (QED) is 0.686. The SMILES string of the molecule is CCc1cnc(C2=CN(N3CCC(C(=O)OC)CC3)CC(Cl)=C2S(C)=O)o1. The zero-order valence-electron chi connectivity index (χ0n) is 15.7. The molecule has 1 aromatic rings. The number of oxazole rings is 1. The average molecular weight is 414 g/mol. The minimum absolute atomic E-state index is 0.0666. The lowest BCUT2D eigenvalue weighted by molar-refractivity contribution is -0.148. The lowest BCUT2D eigenvalue weighted by atomic mass is 9.98. The number of aryl methyl sites for hydroxylation is 1. The second-order valence-corrected chi connectivity index (χ2v) is 8.34. The minimum atomic E-state index is -1.27. The standard InChI is InChI=1S/C18H24ClN3O4S/c1-4-13-9-20-17(26-13)14-10-22(11-15(19)16(14)27(3)24)21-7-5-12(6-8-21)18(23)25-2/h9-10,12H,4-8,11H2,1-3H3. The highest BCUT2D eigenvalue weighted by molar-refractivity contribution is 7.89. The van der Waals surface area contributed by atoms with Gasteiger partial charge in [0.25, 0.3) is 0 Å². The molecule has 3 rings (SSSR count). The van der Waals surface area contributed by atoms with Crippen molar-refractivity contribution in [1.82, 2.24) is 15.0 Å². The summed E-state index contributed by atoms with van der Waals surface area (Å²) in [5.41, 5.74) is 0.641. The van der Waals surface area contributed by atoms with Gasteiger partial charge >= 0.3 is 5.97 Å². The van der Waals surface area contributed by atoms with E-state index in [9.17, 15) is 9.00 Å². The number of esters is 1. The van der Waals surface area contributed by atoms with Crippen LogP contribution in [0.3, 0.4) is 0 Å². The van der Waals surface area contributed by atoms with Gasteiger partial charge in [-0.15, -0.1) is 0 Å². The van der Waals surface area contributed by atoms with Crippen LogP contribution in [-0.2, 0) is 26.8 Å². The molecule has 7 nitrogen and oxygen atoms in total.